The fourth-order valence-electron chi connectivity index (χ4n) is 1.84. The average molecular weight is 205 g/mol. The standard InChI is InChI=1S/C11H11NO3/c1-6(13)12-8-4-2-3-7-9(14)5-10(15)11(7)8/h2-4,9,14H,5H2,1H3,(H,12,13). The van der Waals surface area contributed by atoms with Gasteiger partial charge in [0.25, 0.3) is 0 Å². The Bertz CT molecular complexity index is 439. The topological polar surface area (TPSA) is 66.4 Å². The van der Waals surface area contributed by atoms with Crippen LogP contribution in [0.1, 0.15) is 35.4 Å². The molecule has 1 atom stereocenters. The molecule has 1 aliphatic rings. The molecule has 4 heteroatoms. The van der Waals surface area contributed by atoms with Gasteiger partial charge in [-0.15, -0.1) is 0 Å². The molecule has 2 rings (SSSR count). The lowest BCUT2D eigenvalue weighted by Gasteiger charge is -2.07. The van der Waals surface area contributed by atoms with Gasteiger partial charge in [0.1, 0.15) is 0 Å². The van der Waals surface area contributed by atoms with E-state index in [1.54, 1.807) is 18.2 Å². The first kappa shape index (κ1) is 9.86. The number of fused-ring (bicyclic) bond motifs is 1. The molecule has 1 aliphatic carbocycles. The zero-order valence-electron chi connectivity index (χ0n) is 8.28. The molecule has 0 radical (unpaired) electrons. The van der Waals surface area contributed by atoms with Gasteiger partial charge >= 0.3 is 0 Å². The molecule has 2 N–H and O–H groups in total. The lowest BCUT2D eigenvalue weighted by atomic mass is 10.1. The predicted molar refractivity (Wildman–Crippen MR) is 54.7 cm³/mol. The molecule has 1 aromatic carbocycles. The number of carbonyl (C=O) groups is 2. The van der Waals surface area contributed by atoms with Crippen molar-refractivity contribution < 1.29 is 14.7 Å². The quantitative estimate of drug-likeness (QED) is 0.725. The van der Waals surface area contributed by atoms with Crippen LogP contribution < -0.4 is 5.32 Å². The highest BCUT2D eigenvalue weighted by Crippen LogP contribution is 2.35. The Hall–Kier alpha value is -1.68. The van der Waals surface area contributed by atoms with Crippen LogP contribution in [0, 0.1) is 0 Å². The molecular formula is C11H11NO3. The Balaban J connectivity index is 2.50. The number of carbonyl (C=O) groups excluding carboxylic acids is 2. The summed E-state index contributed by atoms with van der Waals surface area (Å²) in [6.07, 6.45) is -0.632. The summed E-state index contributed by atoms with van der Waals surface area (Å²) < 4.78 is 0. The number of aliphatic hydroxyl groups is 1. The van der Waals surface area contributed by atoms with E-state index in [0.29, 0.717) is 16.8 Å². The van der Waals surface area contributed by atoms with E-state index < -0.39 is 6.10 Å². The summed E-state index contributed by atoms with van der Waals surface area (Å²) in [5, 5.41) is 12.2. The van der Waals surface area contributed by atoms with Gasteiger partial charge in [-0.05, 0) is 11.6 Å². The van der Waals surface area contributed by atoms with Crippen molar-refractivity contribution in [2.24, 2.45) is 0 Å². The molecule has 0 fully saturated rings. The highest BCUT2D eigenvalue weighted by Gasteiger charge is 2.30. The third-order valence-corrected chi connectivity index (χ3v) is 2.42. The molecule has 0 aliphatic heterocycles. The molecule has 0 saturated carbocycles. The van der Waals surface area contributed by atoms with Gasteiger partial charge in [0, 0.05) is 18.9 Å². The van der Waals surface area contributed by atoms with Gasteiger partial charge in [0.15, 0.2) is 5.78 Å². The molecule has 78 valence electrons. The molecule has 0 spiro atoms. The number of amides is 1. The van der Waals surface area contributed by atoms with Crippen molar-refractivity contribution in [3.05, 3.63) is 29.3 Å². The second-order valence-corrected chi connectivity index (χ2v) is 3.59. The van der Waals surface area contributed by atoms with E-state index in [4.69, 9.17) is 0 Å². The first-order chi connectivity index (χ1) is 7.09. The second kappa shape index (κ2) is 3.47. The first-order valence-electron chi connectivity index (χ1n) is 4.71. The van der Waals surface area contributed by atoms with Crippen molar-refractivity contribution >= 4 is 17.4 Å². The third kappa shape index (κ3) is 1.64. The number of Topliss-reactive ketones (excluding diaryl/α,β-unsaturated/α-hetero) is 1. The maximum Gasteiger partial charge on any atom is 0.221 e. The summed E-state index contributed by atoms with van der Waals surface area (Å²) in [5.41, 5.74) is 1.54. The van der Waals surface area contributed by atoms with Gasteiger partial charge in [-0.25, -0.2) is 0 Å². The van der Waals surface area contributed by atoms with E-state index in [0.717, 1.165) is 0 Å². The number of anilines is 1. The molecule has 1 aromatic rings. The fraction of sp³-hybridized carbons (Fsp3) is 0.273. The molecule has 0 bridgehead atoms. The highest BCUT2D eigenvalue weighted by atomic mass is 16.3. The van der Waals surface area contributed by atoms with Crippen LogP contribution in [0.15, 0.2) is 18.2 Å². The Morgan fingerprint density at radius 1 is 1.53 bits per heavy atom. The molecule has 4 nitrogen and oxygen atoms in total. The largest absolute Gasteiger partial charge is 0.388 e. The Morgan fingerprint density at radius 3 is 2.93 bits per heavy atom. The number of rotatable bonds is 1. The van der Waals surface area contributed by atoms with E-state index in [1.807, 2.05) is 0 Å². The molecule has 0 saturated heterocycles. The van der Waals surface area contributed by atoms with E-state index in [1.165, 1.54) is 6.92 Å². The van der Waals surface area contributed by atoms with E-state index in [2.05, 4.69) is 5.32 Å². The minimum absolute atomic E-state index is 0.103. The van der Waals surface area contributed by atoms with Gasteiger partial charge in [0.2, 0.25) is 5.91 Å². The second-order valence-electron chi connectivity index (χ2n) is 3.59. The van der Waals surface area contributed by atoms with Crippen LogP contribution in [0.25, 0.3) is 0 Å². The smallest absolute Gasteiger partial charge is 0.221 e. The summed E-state index contributed by atoms with van der Waals surface area (Å²) in [5.74, 6) is -0.348. The minimum Gasteiger partial charge on any atom is -0.388 e. The normalized spacial score (nSPS) is 18.8. The predicted octanol–water partition coefficient (Wildman–Crippen LogP) is 1.26. The van der Waals surface area contributed by atoms with Gasteiger partial charge < -0.3 is 10.4 Å². The van der Waals surface area contributed by atoms with E-state index in [9.17, 15) is 14.7 Å². The van der Waals surface area contributed by atoms with Crippen molar-refractivity contribution in [3.63, 3.8) is 0 Å². The SMILES string of the molecule is CC(=O)Nc1cccc2c1C(=O)CC2O. The molecule has 0 heterocycles. The van der Waals surface area contributed by atoms with Gasteiger partial charge in [0.05, 0.1) is 11.8 Å². The molecule has 1 amide bonds. The number of benzene rings is 1. The summed E-state index contributed by atoms with van der Waals surface area (Å²) in [6.45, 7) is 1.38. The van der Waals surface area contributed by atoms with Crippen molar-refractivity contribution in [1.82, 2.24) is 0 Å². The lowest BCUT2D eigenvalue weighted by molar-refractivity contribution is -0.114. The number of nitrogens with one attached hydrogen (secondary N) is 1. The van der Waals surface area contributed by atoms with Crippen LogP contribution in [-0.4, -0.2) is 16.8 Å². The molecule has 1 unspecified atom stereocenters. The van der Waals surface area contributed by atoms with Gasteiger partial charge in [-0.2, -0.15) is 0 Å². The number of hydrogen-bond acceptors (Lipinski definition) is 3. The molecule has 15 heavy (non-hydrogen) atoms. The highest BCUT2D eigenvalue weighted by molar-refractivity contribution is 6.08. The Morgan fingerprint density at radius 2 is 2.27 bits per heavy atom. The van der Waals surface area contributed by atoms with Crippen molar-refractivity contribution in [2.75, 3.05) is 5.32 Å². The van der Waals surface area contributed by atoms with Crippen LogP contribution in [0.5, 0.6) is 0 Å². The lowest BCUT2D eigenvalue weighted by Crippen LogP contribution is -2.09. The van der Waals surface area contributed by atoms with Crippen molar-refractivity contribution in [3.8, 4) is 0 Å². The summed E-state index contributed by atoms with van der Waals surface area (Å²) in [7, 11) is 0. The summed E-state index contributed by atoms with van der Waals surface area (Å²) in [6, 6.07) is 5.08. The van der Waals surface area contributed by atoms with Crippen LogP contribution in [0.4, 0.5) is 5.69 Å². The number of ketones is 1. The fourth-order valence-corrected chi connectivity index (χ4v) is 1.84. The maximum absolute atomic E-state index is 11.6. The summed E-state index contributed by atoms with van der Waals surface area (Å²) >= 11 is 0. The Labute approximate surface area is 86.9 Å². The molecular weight excluding hydrogens is 194 g/mol. The third-order valence-electron chi connectivity index (χ3n) is 2.42. The van der Waals surface area contributed by atoms with Gasteiger partial charge in [-0.1, -0.05) is 12.1 Å². The summed E-state index contributed by atoms with van der Waals surface area (Å²) in [4.78, 5) is 22.5. The minimum atomic E-state index is -0.735. The number of hydrogen-bond donors (Lipinski definition) is 2. The van der Waals surface area contributed by atoms with Crippen LogP contribution in [-0.2, 0) is 4.79 Å². The molecule has 0 aromatic heterocycles. The van der Waals surface area contributed by atoms with Crippen molar-refractivity contribution in [1.29, 1.82) is 0 Å². The average Bonchev–Trinajstić information content (AvgIpc) is 2.43. The number of aliphatic hydroxyl groups excluding tert-OH is 1. The van der Waals surface area contributed by atoms with Crippen LogP contribution in [0.2, 0.25) is 0 Å². The Kier molecular flexibility index (Phi) is 2.28. The zero-order chi connectivity index (χ0) is 11.0. The van der Waals surface area contributed by atoms with E-state index in [-0.39, 0.29) is 18.1 Å². The first-order valence-corrected chi connectivity index (χ1v) is 4.71. The van der Waals surface area contributed by atoms with E-state index >= 15 is 0 Å². The van der Waals surface area contributed by atoms with Crippen LogP contribution in [0.3, 0.4) is 0 Å². The maximum atomic E-state index is 11.6. The van der Waals surface area contributed by atoms with Crippen LogP contribution >= 0.6 is 0 Å². The van der Waals surface area contributed by atoms with Gasteiger partial charge in [-0.3, -0.25) is 9.59 Å². The van der Waals surface area contributed by atoms with Crippen molar-refractivity contribution in [2.45, 2.75) is 19.4 Å². The monoisotopic (exact) mass is 205 g/mol. The zero-order valence-corrected chi connectivity index (χ0v) is 8.28.